The first-order valence-electron chi connectivity index (χ1n) is 4.38. The first-order chi connectivity index (χ1) is 7.58. The lowest BCUT2D eigenvalue weighted by atomic mass is 10.1. The van der Waals surface area contributed by atoms with Crippen LogP contribution in [0.25, 0.3) is 6.08 Å². The Morgan fingerprint density at radius 2 is 2.12 bits per heavy atom. The van der Waals surface area contributed by atoms with E-state index in [1.165, 1.54) is 12.1 Å². The lowest BCUT2D eigenvalue weighted by molar-refractivity contribution is -0.115. The molecule has 1 aromatic carbocycles. The predicted molar refractivity (Wildman–Crippen MR) is 61.2 cm³/mol. The number of thioether (sulfide) groups is 1. The first-order valence-corrected chi connectivity index (χ1v) is 5.20. The van der Waals surface area contributed by atoms with E-state index in [0.29, 0.717) is 10.5 Å². The third kappa shape index (κ3) is 1.87. The number of amides is 1. The number of rotatable bonds is 1. The molecule has 2 rings (SSSR count). The molecule has 1 amide bonds. The zero-order valence-corrected chi connectivity index (χ0v) is 8.84. The summed E-state index contributed by atoms with van der Waals surface area (Å²) in [5.41, 5.74) is 0.340. The Hall–Kier alpha value is -1.95. The largest absolute Gasteiger partial charge is 0.504 e. The van der Waals surface area contributed by atoms with Gasteiger partial charge in [-0.15, -0.1) is 0 Å². The van der Waals surface area contributed by atoms with Crippen LogP contribution in [0.2, 0.25) is 0 Å². The van der Waals surface area contributed by atoms with Crippen LogP contribution in [0, 0.1) is 5.41 Å². The van der Waals surface area contributed by atoms with Gasteiger partial charge in [-0.05, 0) is 23.9 Å². The summed E-state index contributed by atoms with van der Waals surface area (Å²) in [6.45, 7) is 0. The lowest BCUT2D eigenvalue weighted by Gasteiger charge is -2.01. The summed E-state index contributed by atoms with van der Waals surface area (Å²) in [4.78, 5) is 11.6. The summed E-state index contributed by atoms with van der Waals surface area (Å²) in [6.07, 6.45) is 1.43. The molecule has 5 nitrogen and oxygen atoms in total. The summed E-state index contributed by atoms with van der Waals surface area (Å²) in [5.74, 6) is -0.896. The van der Waals surface area contributed by atoms with Gasteiger partial charge in [-0.1, -0.05) is 12.1 Å². The SMILES string of the molecule is N=C1NC(=O)C(=Cc2cccc(O)c2O)S1. The minimum absolute atomic E-state index is 0.0518. The van der Waals surface area contributed by atoms with Crippen molar-refractivity contribution >= 4 is 28.9 Å². The maximum absolute atomic E-state index is 11.3. The summed E-state index contributed by atoms with van der Waals surface area (Å²) >= 11 is 0.974. The van der Waals surface area contributed by atoms with E-state index in [1.54, 1.807) is 12.1 Å². The number of amidine groups is 1. The highest BCUT2D eigenvalue weighted by Crippen LogP contribution is 2.32. The molecule has 1 heterocycles. The predicted octanol–water partition coefficient (Wildman–Crippen LogP) is 1.24. The minimum Gasteiger partial charge on any atom is -0.504 e. The maximum Gasteiger partial charge on any atom is 0.264 e. The Bertz CT molecular complexity index is 511. The van der Waals surface area contributed by atoms with E-state index in [-0.39, 0.29) is 22.6 Å². The standard InChI is InChI=1S/C10H8N2O3S/c11-10-12-9(15)7(16-10)4-5-2-1-3-6(13)8(5)14/h1-4,13-14H,(H2,11,12,15). The van der Waals surface area contributed by atoms with Crippen molar-refractivity contribution in [2.24, 2.45) is 0 Å². The van der Waals surface area contributed by atoms with Crippen molar-refractivity contribution in [3.63, 3.8) is 0 Å². The number of hydrogen-bond acceptors (Lipinski definition) is 5. The number of phenolic OH excluding ortho intramolecular Hbond substituents is 2. The minimum atomic E-state index is -0.377. The van der Waals surface area contributed by atoms with Crippen molar-refractivity contribution in [2.45, 2.75) is 0 Å². The van der Waals surface area contributed by atoms with E-state index in [2.05, 4.69) is 5.32 Å². The molecule has 0 spiro atoms. The lowest BCUT2D eigenvalue weighted by Crippen LogP contribution is -2.18. The van der Waals surface area contributed by atoms with Crippen LogP contribution >= 0.6 is 11.8 Å². The number of hydrogen-bond donors (Lipinski definition) is 4. The van der Waals surface area contributed by atoms with Crippen LogP contribution in [-0.2, 0) is 4.79 Å². The number of nitrogens with one attached hydrogen (secondary N) is 2. The average Bonchev–Trinajstić information content (AvgIpc) is 2.53. The molecular weight excluding hydrogens is 228 g/mol. The topological polar surface area (TPSA) is 93.4 Å². The van der Waals surface area contributed by atoms with Crippen molar-refractivity contribution in [1.82, 2.24) is 5.32 Å². The van der Waals surface area contributed by atoms with Crippen LogP contribution in [-0.4, -0.2) is 21.3 Å². The summed E-state index contributed by atoms with van der Waals surface area (Å²) in [5, 5.41) is 28.4. The first kappa shape index (κ1) is 10.6. The zero-order chi connectivity index (χ0) is 11.7. The molecule has 0 aliphatic carbocycles. The molecule has 0 saturated carbocycles. The van der Waals surface area contributed by atoms with Crippen molar-refractivity contribution < 1.29 is 15.0 Å². The number of phenols is 2. The van der Waals surface area contributed by atoms with Crippen molar-refractivity contribution in [2.75, 3.05) is 0 Å². The molecule has 0 unspecified atom stereocenters. The van der Waals surface area contributed by atoms with Gasteiger partial charge in [0.15, 0.2) is 16.7 Å². The third-order valence-corrected chi connectivity index (χ3v) is 2.82. The van der Waals surface area contributed by atoms with E-state index in [4.69, 9.17) is 5.41 Å². The number of carbonyl (C=O) groups excluding carboxylic acids is 1. The van der Waals surface area contributed by atoms with Crippen LogP contribution in [0.4, 0.5) is 0 Å². The smallest absolute Gasteiger partial charge is 0.264 e. The molecule has 0 atom stereocenters. The maximum atomic E-state index is 11.3. The summed E-state index contributed by atoms with van der Waals surface area (Å²) in [6, 6.07) is 4.48. The molecular formula is C10H8N2O3S. The van der Waals surface area contributed by atoms with Crippen LogP contribution in [0.1, 0.15) is 5.56 Å². The van der Waals surface area contributed by atoms with Crippen LogP contribution in [0.15, 0.2) is 23.1 Å². The molecule has 16 heavy (non-hydrogen) atoms. The molecule has 1 saturated heterocycles. The molecule has 1 aliphatic rings. The fourth-order valence-electron chi connectivity index (χ4n) is 1.25. The third-order valence-electron chi connectivity index (χ3n) is 2.00. The van der Waals surface area contributed by atoms with Gasteiger partial charge < -0.3 is 15.5 Å². The fourth-order valence-corrected chi connectivity index (χ4v) is 1.94. The molecule has 82 valence electrons. The molecule has 0 bridgehead atoms. The Morgan fingerprint density at radius 1 is 1.38 bits per heavy atom. The highest BCUT2D eigenvalue weighted by molar-refractivity contribution is 8.18. The van der Waals surface area contributed by atoms with Gasteiger partial charge in [0.1, 0.15) is 0 Å². The van der Waals surface area contributed by atoms with E-state index < -0.39 is 0 Å². The summed E-state index contributed by atoms with van der Waals surface area (Å²) in [7, 11) is 0. The van der Waals surface area contributed by atoms with Gasteiger partial charge in [0.2, 0.25) is 0 Å². The average molecular weight is 236 g/mol. The number of carbonyl (C=O) groups is 1. The molecule has 1 fully saturated rings. The molecule has 0 aromatic heterocycles. The van der Waals surface area contributed by atoms with Gasteiger partial charge in [0, 0.05) is 5.56 Å². The van der Waals surface area contributed by atoms with E-state index >= 15 is 0 Å². The van der Waals surface area contributed by atoms with Gasteiger partial charge in [-0.3, -0.25) is 10.2 Å². The number of aromatic hydroxyl groups is 2. The Kier molecular flexibility index (Phi) is 2.57. The number of benzene rings is 1. The molecule has 0 radical (unpaired) electrons. The second-order valence-electron chi connectivity index (χ2n) is 3.11. The highest BCUT2D eigenvalue weighted by atomic mass is 32.2. The Balaban J connectivity index is 2.40. The Labute approximate surface area is 95.3 Å². The van der Waals surface area contributed by atoms with Crippen LogP contribution < -0.4 is 5.32 Å². The molecule has 1 aliphatic heterocycles. The highest BCUT2D eigenvalue weighted by Gasteiger charge is 2.22. The summed E-state index contributed by atoms with van der Waals surface area (Å²) < 4.78 is 0. The van der Waals surface area contributed by atoms with Gasteiger partial charge in [-0.2, -0.15) is 0 Å². The quantitative estimate of drug-likeness (QED) is 0.436. The van der Waals surface area contributed by atoms with E-state index in [1.807, 2.05) is 0 Å². The van der Waals surface area contributed by atoms with Crippen molar-refractivity contribution in [1.29, 1.82) is 5.41 Å². The van der Waals surface area contributed by atoms with Crippen LogP contribution in [0.5, 0.6) is 11.5 Å². The van der Waals surface area contributed by atoms with Crippen LogP contribution in [0.3, 0.4) is 0 Å². The van der Waals surface area contributed by atoms with Gasteiger partial charge in [-0.25, -0.2) is 0 Å². The molecule has 1 aromatic rings. The number of para-hydroxylation sites is 1. The monoisotopic (exact) mass is 236 g/mol. The Morgan fingerprint density at radius 3 is 2.75 bits per heavy atom. The second-order valence-corrected chi connectivity index (χ2v) is 4.16. The van der Waals surface area contributed by atoms with Crippen molar-refractivity contribution in [3.8, 4) is 11.5 Å². The second kappa shape index (κ2) is 3.90. The normalized spacial score (nSPS) is 17.9. The van der Waals surface area contributed by atoms with E-state index in [9.17, 15) is 15.0 Å². The molecule has 4 N–H and O–H groups in total. The van der Waals surface area contributed by atoms with Gasteiger partial charge in [0.05, 0.1) is 4.91 Å². The van der Waals surface area contributed by atoms with Gasteiger partial charge >= 0.3 is 0 Å². The van der Waals surface area contributed by atoms with Crippen molar-refractivity contribution in [3.05, 3.63) is 28.7 Å². The molecule has 6 heteroatoms. The van der Waals surface area contributed by atoms with Gasteiger partial charge in [0.25, 0.3) is 5.91 Å². The zero-order valence-electron chi connectivity index (χ0n) is 8.02. The fraction of sp³-hybridized carbons (Fsp3) is 0. The van der Waals surface area contributed by atoms with E-state index in [0.717, 1.165) is 11.8 Å².